The maximum absolute atomic E-state index is 3.51. The minimum absolute atomic E-state index is 0.429. The lowest BCUT2D eigenvalue weighted by Gasteiger charge is -2.10. The van der Waals surface area contributed by atoms with Crippen LogP contribution in [0.25, 0.3) is 0 Å². The second-order valence-electron chi connectivity index (χ2n) is 3.77. The number of hydrogen-bond donors (Lipinski definition) is 2. The van der Waals surface area contributed by atoms with Gasteiger partial charge in [0.05, 0.1) is 0 Å². The number of aromatic amines is 1. The molecule has 1 unspecified atom stereocenters. The molecule has 0 spiro atoms. The number of hydrogen-bond acceptors (Lipinski definition) is 2. The molecule has 0 aliphatic heterocycles. The maximum Gasteiger partial charge on any atom is 0.0388 e. The highest BCUT2D eigenvalue weighted by Gasteiger charge is 2.06. The largest absolute Gasteiger partial charge is 0.367 e. The predicted octanol–water partition coefficient (Wildman–Crippen LogP) is 3.24. The van der Waals surface area contributed by atoms with E-state index in [0.717, 1.165) is 6.54 Å². The molecule has 2 aromatic heterocycles. The number of rotatable bonds is 4. The van der Waals surface area contributed by atoms with Crippen molar-refractivity contribution in [2.24, 2.45) is 0 Å². The van der Waals surface area contributed by atoms with E-state index in [2.05, 4.69) is 42.3 Å². The van der Waals surface area contributed by atoms with Gasteiger partial charge in [-0.1, -0.05) is 0 Å². The number of H-pyrrole nitrogens is 1. The monoisotopic (exact) mass is 220 g/mol. The summed E-state index contributed by atoms with van der Waals surface area (Å²) in [6.45, 7) is 5.27. The van der Waals surface area contributed by atoms with E-state index in [-0.39, 0.29) is 0 Å². The fourth-order valence-corrected chi connectivity index (χ4v) is 2.43. The van der Waals surface area contributed by atoms with Gasteiger partial charge in [0.25, 0.3) is 0 Å². The van der Waals surface area contributed by atoms with Crippen LogP contribution >= 0.6 is 11.3 Å². The molecule has 0 fully saturated rings. The normalized spacial score (nSPS) is 12.9. The lowest BCUT2D eigenvalue weighted by atomic mass is 10.2. The molecule has 3 heteroatoms. The molecule has 0 saturated heterocycles. The Morgan fingerprint density at radius 3 is 2.87 bits per heavy atom. The summed E-state index contributed by atoms with van der Waals surface area (Å²) in [7, 11) is 0. The molecule has 0 aliphatic carbocycles. The first-order valence-electron chi connectivity index (χ1n) is 5.17. The van der Waals surface area contributed by atoms with Crippen molar-refractivity contribution in [1.29, 1.82) is 0 Å². The SMILES string of the molecule is Cc1ccc(C(C)NCc2cc[nH]c2)s1. The summed E-state index contributed by atoms with van der Waals surface area (Å²) in [4.78, 5) is 5.84. The van der Waals surface area contributed by atoms with Crippen LogP contribution in [0.2, 0.25) is 0 Å². The fourth-order valence-electron chi connectivity index (χ4n) is 1.53. The molecule has 2 heterocycles. The molecule has 0 amide bonds. The van der Waals surface area contributed by atoms with Gasteiger partial charge in [0.15, 0.2) is 0 Å². The van der Waals surface area contributed by atoms with E-state index in [1.54, 1.807) is 0 Å². The van der Waals surface area contributed by atoms with Gasteiger partial charge >= 0.3 is 0 Å². The highest BCUT2D eigenvalue weighted by atomic mass is 32.1. The summed E-state index contributed by atoms with van der Waals surface area (Å²) >= 11 is 1.86. The van der Waals surface area contributed by atoms with Gasteiger partial charge in [-0.2, -0.15) is 0 Å². The Balaban J connectivity index is 1.90. The summed E-state index contributed by atoms with van der Waals surface area (Å²) in [5, 5.41) is 3.51. The van der Waals surface area contributed by atoms with Crippen molar-refractivity contribution in [3.63, 3.8) is 0 Å². The number of thiophene rings is 1. The molecular weight excluding hydrogens is 204 g/mol. The van der Waals surface area contributed by atoms with Crippen LogP contribution in [0.3, 0.4) is 0 Å². The molecular formula is C12H16N2S. The zero-order valence-corrected chi connectivity index (χ0v) is 9.90. The zero-order valence-electron chi connectivity index (χ0n) is 9.08. The zero-order chi connectivity index (χ0) is 10.7. The minimum atomic E-state index is 0.429. The Morgan fingerprint density at radius 1 is 1.40 bits per heavy atom. The van der Waals surface area contributed by atoms with Gasteiger partial charge in [0.1, 0.15) is 0 Å². The Kier molecular flexibility index (Phi) is 3.23. The van der Waals surface area contributed by atoms with Crippen molar-refractivity contribution < 1.29 is 0 Å². The molecule has 2 rings (SSSR count). The van der Waals surface area contributed by atoms with Crippen LogP contribution in [0.5, 0.6) is 0 Å². The van der Waals surface area contributed by atoms with Crippen LogP contribution in [0, 0.1) is 6.92 Å². The smallest absolute Gasteiger partial charge is 0.0388 e. The molecule has 80 valence electrons. The van der Waals surface area contributed by atoms with E-state index in [1.807, 2.05) is 23.7 Å². The number of aromatic nitrogens is 1. The Hall–Kier alpha value is -1.06. The lowest BCUT2D eigenvalue weighted by Crippen LogP contribution is -2.16. The van der Waals surface area contributed by atoms with Crippen molar-refractivity contribution >= 4 is 11.3 Å². The van der Waals surface area contributed by atoms with Crippen LogP contribution in [0.1, 0.15) is 28.3 Å². The quantitative estimate of drug-likeness (QED) is 0.813. The first kappa shape index (κ1) is 10.5. The molecule has 2 nitrogen and oxygen atoms in total. The van der Waals surface area contributed by atoms with Crippen LogP contribution in [0.15, 0.2) is 30.6 Å². The molecule has 1 atom stereocenters. The van der Waals surface area contributed by atoms with Gasteiger partial charge in [0.2, 0.25) is 0 Å². The lowest BCUT2D eigenvalue weighted by molar-refractivity contribution is 0.583. The van der Waals surface area contributed by atoms with Crippen molar-refractivity contribution in [2.75, 3.05) is 0 Å². The van der Waals surface area contributed by atoms with E-state index in [4.69, 9.17) is 0 Å². The highest BCUT2D eigenvalue weighted by molar-refractivity contribution is 7.12. The predicted molar refractivity (Wildman–Crippen MR) is 65.1 cm³/mol. The first-order valence-corrected chi connectivity index (χ1v) is 5.99. The molecule has 0 radical (unpaired) electrons. The standard InChI is InChI=1S/C12H16N2S/c1-9-3-4-12(15-9)10(2)14-8-11-5-6-13-7-11/h3-7,10,13-14H,8H2,1-2H3. The number of nitrogens with one attached hydrogen (secondary N) is 2. The first-order chi connectivity index (χ1) is 7.25. The topological polar surface area (TPSA) is 27.8 Å². The molecule has 0 aromatic carbocycles. The summed E-state index contributed by atoms with van der Waals surface area (Å²) in [5.41, 5.74) is 1.30. The van der Waals surface area contributed by atoms with Gasteiger partial charge < -0.3 is 10.3 Å². The van der Waals surface area contributed by atoms with Gasteiger partial charge in [-0.15, -0.1) is 11.3 Å². The second kappa shape index (κ2) is 4.64. The number of aryl methyl sites for hydroxylation is 1. The minimum Gasteiger partial charge on any atom is -0.367 e. The van der Waals surface area contributed by atoms with Gasteiger partial charge in [-0.25, -0.2) is 0 Å². The summed E-state index contributed by atoms with van der Waals surface area (Å²) < 4.78 is 0. The van der Waals surface area contributed by atoms with E-state index in [0.29, 0.717) is 6.04 Å². The fraction of sp³-hybridized carbons (Fsp3) is 0.333. The van der Waals surface area contributed by atoms with Crippen molar-refractivity contribution in [3.05, 3.63) is 45.9 Å². The van der Waals surface area contributed by atoms with E-state index in [1.165, 1.54) is 15.3 Å². The van der Waals surface area contributed by atoms with E-state index < -0.39 is 0 Å². The van der Waals surface area contributed by atoms with Gasteiger partial charge in [0, 0.05) is 34.7 Å². The third-order valence-electron chi connectivity index (χ3n) is 2.46. The van der Waals surface area contributed by atoms with Gasteiger partial charge in [-0.3, -0.25) is 0 Å². The molecule has 15 heavy (non-hydrogen) atoms. The molecule has 0 aliphatic rings. The molecule has 0 bridgehead atoms. The summed E-state index contributed by atoms with van der Waals surface area (Å²) in [5.74, 6) is 0. The van der Waals surface area contributed by atoms with Crippen molar-refractivity contribution in [3.8, 4) is 0 Å². The van der Waals surface area contributed by atoms with Crippen LogP contribution < -0.4 is 5.32 Å². The van der Waals surface area contributed by atoms with Crippen molar-refractivity contribution in [1.82, 2.24) is 10.3 Å². The Labute approximate surface area is 94.3 Å². The van der Waals surface area contributed by atoms with Gasteiger partial charge in [-0.05, 0) is 37.6 Å². The molecule has 2 aromatic rings. The maximum atomic E-state index is 3.51. The van der Waals surface area contributed by atoms with Crippen LogP contribution in [-0.2, 0) is 6.54 Å². The molecule has 2 N–H and O–H groups in total. The van der Waals surface area contributed by atoms with Crippen molar-refractivity contribution in [2.45, 2.75) is 26.4 Å². The molecule has 0 saturated carbocycles. The van der Waals surface area contributed by atoms with E-state index in [9.17, 15) is 0 Å². The third-order valence-corrected chi connectivity index (χ3v) is 3.65. The highest BCUT2D eigenvalue weighted by Crippen LogP contribution is 2.22. The average molecular weight is 220 g/mol. The average Bonchev–Trinajstić information content (AvgIpc) is 2.84. The van der Waals surface area contributed by atoms with Crippen LogP contribution in [-0.4, -0.2) is 4.98 Å². The second-order valence-corrected chi connectivity index (χ2v) is 5.09. The van der Waals surface area contributed by atoms with Crippen LogP contribution in [0.4, 0.5) is 0 Å². The Bertz CT molecular complexity index is 403. The Morgan fingerprint density at radius 2 is 2.27 bits per heavy atom. The third kappa shape index (κ3) is 2.70. The van der Waals surface area contributed by atoms with E-state index >= 15 is 0 Å². The summed E-state index contributed by atoms with van der Waals surface area (Å²) in [6, 6.07) is 6.90. The summed E-state index contributed by atoms with van der Waals surface area (Å²) in [6.07, 6.45) is 3.98.